The number of halogens is 2. The fourth-order valence-electron chi connectivity index (χ4n) is 1.66. The number of benzene rings is 1. The molecule has 0 N–H and O–H groups in total. The highest BCUT2D eigenvalue weighted by atomic mass is 35.5. The third-order valence-corrected chi connectivity index (χ3v) is 2.91. The third-order valence-electron chi connectivity index (χ3n) is 2.62. The van der Waals surface area contributed by atoms with Gasteiger partial charge in [-0.05, 0) is 25.5 Å². The fourth-order valence-corrected chi connectivity index (χ4v) is 1.83. The molecule has 0 aromatic heterocycles. The predicted octanol–water partition coefficient (Wildman–Crippen LogP) is 2.62. The van der Waals surface area contributed by atoms with Gasteiger partial charge in [0, 0.05) is 5.56 Å². The highest BCUT2D eigenvalue weighted by Gasteiger charge is 2.26. The van der Waals surface area contributed by atoms with Crippen molar-refractivity contribution in [2.45, 2.75) is 13.3 Å². The van der Waals surface area contributed by atoms with Crippen molar-refractivity contribution < 1.29 is 13.9 Å². The van der Waals surface area contributed by atoms with Gasteiger partial charge in [-0.3, -0.25) is 4.79 Å². The molecule has 0 saturated carbocycles. The highest BCUT2D eigenvalue weighted by molar-refractivity contribution is 6.30. The third kappa shape index (κ3) is 1.84. The molecule has 1 heterocycles. The van der Waals surface area contributed by atoms with E-state index in [-0.39, 0.29) is 16.7 Å². The van der Waals surface area contributed by atoms with Crippen LogP contribution in [0.15, 0.2) is 12.1 Å². The molecular weight excluding hydrogens is 219 g/mol. The Labute approximate surface area is 92.0 Å². The monoisotopic (exact) mass is 228 g/mol. The Bertz CT molecular complexity index is 417. The van der Waals surface area contributed by atoms with E-state index in [1.165, 1.54) is 13.0 Å². The van der Waals surface area contributed by atoms with Gasteiger partial charge in [0.05, 0.1) is 17.5 Å². The molecule has 0 amide bonds. The Morgan fingerprint density at radius 3 is 3.00 bits per heavy atom. The maximum absolute atomic E-state index is 13.6. The molecule has 4 heteroatoms. The zero-order chi connectivity index (χ0) is 11.0. The minimum absolute atomic E-state index is 0.0139. The summed E-state index contributed by atoms with van der Waals surface area (Å²) in [6.07, 6.45) is 0.372. The number of rotatable bonds is 1. The van der Waals surface area contributed by atoms with E-state index in [9.17, 15) is 9.18 Å². The van der Waals surface area contributed by atoms with Crippen LogP contribution in [0.2, 0.25) is 5.02 Å². The summed E-state index contributed by atoms with van der Waals surface area (Å²) in [6.45, 7) is 1.81. The van der Waals surface area contributed by atoms with Crippen LogP contribution in [0.25, 0.3) is 0 Å². The van der Waals surface area contributed by atoms with E-state index in [4.69, 9.17) is 16.3 Å². The Morgan fingerprint density at radius 1 is 1.60 bits per heavy atom. The molecule has 1 aliphatic rings. The molecule has 0 saturated heterocycles. The van der Waals surface area contributed by atoms with E-state index < -0.39 is 5.82 Å². The number of fused-ring (bicyclic) bond motifs is 1. The Balaban J connectivity index is 2.39. The zero-order valence-electron chi connectivity index (χ0n) is 8.22. The molecule has 0 fully saturated rings. The van der Waals surface area contributed by atoms with Crippen LogP contribution in [0.1, 0.15) is 12.5 Å². The molecule has 2 rings (SSSR count). The minimum Gasteiger partial charge on any atom is -0.492 e. The van der Waals surface area contributed by atoms with E-state index in [0.717, 1.165) is 0 Å². The van der Waals surface area contributed by atoms with E-state index >= 15 is 0 Å². The van der Waals surface area contributed by atoms with Gasteiger partial charge in [-0.1, -0.05) is 11.6 Å². The molecule has 0 spiro atoms. The minimum atomic E-state index is -0.472. The van der Waals surface area contributed by atoms with Gasteiger partial charge in [-0.2, -0.15) is 0 Å². The molecule has 0 aliphatic carbocycles. The van der Waals surface area contributed by atoms with Crippen LogP contribution in [0.3, 0.4) is 0 Å². The quantitative estimate of drug-likeness (QED) is 0.739. The van der Waals surface area contributed by atoms with Crippen molar-refractivity contribution >= 4 is 17.4 Å². The zero-order valence-corrected chi connectivity index (χ0v) is 8.97. The number of carbonyl (C=O) groups is 1. The number of Topliss-reactive ketones (excluding diaryl/α,β-unsaturated/α-hetero) is 1. The molecule has 2 nitrogen and oxygen atoms in total. The summed E-state index contributed by atoms with van der Waals surface area (Å²) in [5, 5.41) is 0.0709. The Kier molecular flexibility index (Phi) is 2.65. The van der Waals surface area contributed by atoms with Crippen LogP contribution in [0, 0.1) is 11.7 Å². The molecule has 80 valence electrons. The number of ether oxygens (including phenoxy) is 1. The van der Waals surface area contributed by atoms with E-state index in [1.54, 1.807) is 6.07 Å². The van der Waals surface area contributed by atoms with E-state index in [1.807, 2.05) is 0 Å². The smallest absolute Gasteiger partial charge is 0.148 e. The highest BCUT2D eigenvalue weighted by Crippen LogP contribution is 2.33. The molecule has 1 aromatic rings. The molecule has 1 aromatic carbocycles. The van der Waals surface area contributed by atoms with Gasteiger partial charge in [0.15, 0.2) is 0 Å². The summed E-state index contributed by atoms with van der Waals surface area (Å²) in [6, 6.07) is 3.10. The van der Waals surface area contributed by atoms with E-state index in [2.05, 4.69) is 0 Å². The van der Waals surface area contributed by atoms with Crippen molar-refractivity contribution in [3.8, 4) is 5.75 Å². The molecule has 0 bridgehead atoms. The molecule has 15 heavy (non-hydrogen) atoms. The number of ketones is 1. The molecule has 0 radical (unpaired) electrons. The summed E-state index contributed by atoms with van der Waals surface area (Å²) in [5.41, 5.74) is 0.411. The lowest BCUT2D eigenvalue weighted by atomic mass is 9.93. The Hall–Kier alpha value is -1.09. The SMILES string of the molecule is CC(=O)C1COc2ccc(Cl)c(F)c2C1. The second-order valence-corrected chi connectivity index (χ2v) is 4.07. The van der Waals surface area contributed by atoms with Gasteiger partial charge in [-0.15, -0.1) is 0 Å². The van der Waals surface area contributed by atoms with Crippen LogP contribution < -0.4 is 4.74 Å². The maximum atomic E-state index is 13.6. The first-order valence-electron chi connectivity index (χ1n) is 4.69. The predicted molar refractivity (Wildman–Crippen MR) is 54.8 cm³/mol. The first-order valence-corrected chi connectivity index (χ1v) is 5.07. The first-order chi connectivity index (χ1) is 7.09. The van der Waals surface area contributed by atoms with E-state index in [0.29, 0.717) is 24.3 Å². The average molecular weight is 229 g/mol. The van der Waals surface area contributed by atoms with Crippen molar-refractivity contribution in [2.75, 3.05) is 6.61 Å². The van der Waals surface area contributed by atoms with Gasteiger partial charge >= 0.3 is 0 Å². The lowest BCUT2D eigenvalue weighted by molar-refractivity contribution is -0.121. The van der Waals surface area contributed by atoms with Crippen molar-refractivity contribution in [1.29, 1.82) is 0 Å². The van der Waals surface area contributed by atoms with Gasteiger partial charge in [0.25, 0.3) is 0 Å². The van der Waals surface area contributed by atoms with Gasteiger partial charge in [0.1, 0.15) is 17.3 Å². The Morgan fingerprint density at radius 2 is 2.33 bits per heavy atom. The number of carbonyl (C=O) groups excluding carboxylic acids is 1. The molecule has 1 aliphatic heterocycles. The van der Waals surface area contributed by atoms with Crippen LogP contribution in [0.5, 0.6) is 5.75 Å². The lowest BCUT2D eigenvalue weighted by Gasteiger charge is -2.24. The van der Waals surface area contributed by atoms with Gasteiger partial charge in [0.2, 0.25) is 0 Å². The molecule has 1 atom stereocenters. The summed E-state index contributed by atoms with van der Waals surface area (Å²) in [5.74, 6) is -0.222. The van der Waals surface area contributed by atoms with Crippen LogP contribution in [-0.4, -0.2) is 12.4 Å². The summed E-state index contributed by atoms with van der Waals surface area (Å²) >= 11 is 5.66. The standard InChI is InChI=1S/C11H10ClFO2/c1-6(14)7-4-8-10(15-5-7)3-2-9(12)11(8)13/h2-3,7H,4-5H2,1H3. The maximum Gasteiger partial charge on any atom is 0.148 e. The number of hydrogen-bond donors (Lipinski definition) is 0. The van der Waals surface area contributed by atoms with Gasteiger partial charge < -0.3 is 4.74 Å². The van der Waals surface area contributed by atoms with Gasteiger partial charge in [-0.25, -0.2) is 4.39 Å². The largest absolute Gasteiger partial charge is 0.492 e. The fraction of sp³-hybridized carbons (Fsp3) is 0.364. The molecule has 1 unspecified atom stereocenters. The summed E-state index contributed by atoms with van der Waals surface area (Å²) in [4.78, 5) is 11.2. The van der Waals surface area contributed by atoms with Crippen LogP contribution in [-0.2, 0) is 11.2 Å². The number of hydrogen-bond acceptors (Lipinski definition) is 2. The summed E-state index contributed by atoms with van der Waals surface area (Å²) < 4.78 is 18.9. The topological polar surface area (TPSA) is 26.3 Å². The van der Waals surface area contributed by atoms with Crippen molar-refractivity contribution in [3.63, 3.8) is 0 Å². The lowest BCUT2D eigenvalue weighted by Crippen LogP contribution is -2.27. The van der Waals surface area contributed by atoms with Crippen molar-refractivity contribution in [2.24, 2.45) is 5.92 Å². The van der Waals surface area contributed by atoms with Crippen molar-refractivity contribution in [1.82, 2.24) is 0 Å². The van der Waals surface area contributed by atoms with Crippen LogP contribution >= 0.6 is 11.6 Å². The summed E-state index contributed by atoms with van der Waals surface area (Å²) in [7, 11) is 0. The molecular formula is C11H10ClFO2. The van der Waals surface area contributed by atoms with Crippen molar-refractivity contribution in [3.05, 3.63) is 28.5 Å². The second-order valence-electron chi connectivity index (χ2n) is 3.66. The normalized spacial score (nSPS) is 19.3. The average Bonchev–Trinajstić information content (AvgIpc) is 2.23. The first kappa shape index (κ1) is 10.4. The second kappa shape index (κ2) is 3.81. The van der Waals surface area contributed by atoms with Crippen LogP contribution in [0.4, 0.5) is 4.39 Å².